The van der Waals surface area contributed by atoms with Crippen LogP contribution < -0.4 is 9.62 Å². The number of amides is 2. The Balaban J connectivity index is 2.03. The predicted octanol–water partition coefficient (Wildman–Crippen LogP) is 5.55. The van der Waals surface area contributed by atoms with Crippen molar-refractivity contribution in [2.24, 2.45) is 0 Å². The molecule has 7 nitrogen and oxygen atoms in total. The summed E-state index contributed by atoms with van der Waals surface area (Å²) < 4.78 is 29.5. The lowest BCUT2D eigenvalue weighted by atomic mass is 10.1. The van der Waals surface area contributed by atoms with Crippen LogP contribution in [0.3, 0.4) is 0 Å². The zero-order chi connectivity index (χ0) is 28.0. The first-order chi connectivity index (χ1) is 17.9. The maximum atomic E-state index is 13.9. The van der Waals surface area contributed by atoms with Gasteiger partial charge in [-0.3, -0.25) is 13.9 Å². The maximum absolute atomic E-state index is 13.9. The second-order valence-electron chi connectivity index (χ2n) is 9.29. The van der Waals surface area contributed by atoms with Crippen LogP contribution in [0, 0.1) is 6.92 Å². The van der Waals surface area contributed by atoms with Crippen LogP contribution in [0.2, 0.25) is 5.02 Å². The van der Waals surface area contributed by atoms with Crippen LogP contribution in [0.15, 0.2) is 82.2 Å². The first kappa shape index (κ1) is 29.7. The average molecular weight is 621 g/mol. The molecule has 0 aliphatic rings. The summed E-state index contributed by atoms with van der Waals surface area (Å²) in [5, 5.41) is 3.24. The van der Waals surface area contributed by atoms with Crippen LogP contribution in [0.1, 0.15) is 31.9 Å². The van der Waals surface area contributed by atoms with Gasteiger partial charge in [-0.05, 0) is 87.4 Å². The van der Waals surface area contributed by atoms with Gasteiger partial charge in [-0.25, -0.2) is 8.42 Å². The van der Waals surface area contributed by atoms with Gasteiger partial charge in [0.05, 0.1) is 10.6 Å². The van der Waals surface area contributed by atoms with E-state index in [4.69, 9.17) is 11.6 Å². The zero-order valence-electron chi connectivity index (χ0n) is 21.7. The van der Waals surface area contributed by atoms with Crippen LogP contribution >= 0.6 is 27.5 Å². The van der Waals surface area contributed by atoms with E-state index in [1.807, 2.05) is 51.1 Å². The van der Waals surface area contributed by atoms with Gasteiger partial charge >= 0.3 is 0 Å². The van der Waals surface area contributed by atoms with Crippen molar-refractivity contribution in [1.29, 1.82) is 0 Å². The van der Waals surface area contributed by atoms with Crippen molar-refractivity contribution in [3.63, 3.8) is 0 Å². The first-order valence-electron chi connectivity index (χ1n) is 12.1. The van der Waals surface area contributed by atoms with Crippen molar-refractivity contribution in [2.75, 3.05) is 10.8 Å². The van der Waals surface area contributed by atoms with Crippen LogP contribution in [0.25, 0.3) is 0 Å². The van der Waals surface area contributed by atoms with Gasteiger partial charge in [0.1, 0.15) is 12.6 Å². The number of rotatable bonds is 10. The molecule has 0 aliphatic carbocycles. The molecule has 0 saturated heterocycles. The van der Waals surface area contributed by atoms with Crippen molar-refractivity contribution >= 4 is 55.1 Å². The number of halogens is 2. The van der Waals surface area contributed by atoms with Crippen LogP contribution in [0.5, 0.6) is 0 Å². The van der Waals surface area contributed by atoms with Crippen LogP contribution in [-0.2, 0) is 26.2 Å². The number of carbonyl (C=O) groups is 2. The number of hydrogen-bond donors (Lipinski definition) is 1. The predicted molar refractivity (Wildman–Crippen MR) is 155 cm³/mol. The lowest BCUT2D eigenvalue weighted by Gasteiger charge is -2.32. The lowest BCUT2D eigenvalue weighted by molar-refractivity contribution is -0.139. The Hall–Kier alpha value is -2.88. The smallest absolute Gasteiger partial charge is 0.264 e. The number of benzene rings is 3. The summed E-state index contributed by atoms with van der Waals surface area (Å²) in [6, 6.07) is 19.1. The Morgan fingerprint density at radius 3 is 2.18 bits per heavy atom. The highest BCUT2D eigenvalue weighted by Gasteiger charge is 2.32. The van der Waals surface area contributed by atoms with Gasteiger partial charge in [0, 0.05) is 22.1 Å². The molecule has 0 aromatic heterocycles. The SMILES string of the molecule is Cc1cccc(N(CC(=O)N(Cc2ccc(Br)cc2)C(C)C(=O)NC(C)C)S(=O)(=O)c2ccc(Cl)cc2)c1. The fourth-order valence-electron chi connectivity index (χ4n) is 3.82. The minimum absolute atomic E-state index is 0.00117. The molecular weight excluding hydrogens is 590 g/mol. The van der Waals surface area contributed by atoms with Gasteiger partial charge < -0.3 is 10.2 Å². The van der Waals surface area contributed by atoms with E-state index in [1.165, 1.54) is 29.2 Å². The third-order valence-corrected chi connectivity index (χ3v) is 8.40. The molecule has 38 heavy (non-hydrogen) atoms. The summed E-state index contributed by atoms with van der Waals surface area (Å²) in [6.45, 7) is 6.79. The molecule has 3 aromatic carbocycles. The number of aryl methyl sites for hydroxylation is 1. The van der Waals surface area contributed by atoms with Crippen molar-refractivity contribution in [3.8, 4) is 0 Å². The van der Waals surface area contributed by atoms with Gasteiger partial charge in [-0.15, -0.1) is 0 Å². The standard InChI is InChI=1S/C28H31BrClN3O4S/c1-19(2)31-28(35)21(4)32(17-22-8-10-23(29)11-9-22)27(34)18-33(25-7-5-6-20(3)16-25)38(36,37)26-14-12-24(30)13-15-26/h5-16,19,21H,17-18H2,1-4H3,(H,31,35). The third-order valence-electron chi connectivity index (χ3n) is 5.83. The second kappa shape index (κ2) is 12.8. The highest BCUT2D eigenvalue weighted by molar-refractivity contribution is 9.10. The number of sulfonamides is 1. The van der Waals surface area contributed by atoms with Gasteiger partial charge in [0.15, 0.2) is 0 Å². The van der Waals surface area contributed by atoms with E-state index >= 15 is 0 Å². The van der Waals surface area contributed by atoms with Gasteiger partial charge in [0.25, 0.3) is 10.0 Å². The van der Waals surface area contributed by atoms with E-state index < -0.39 is 28.5 Å². The molecule has 202 valence electrons. The minimum atomic E-state index is -4.14. The first-order valence-corrected chi connectivity index (χ1v) is 14.7. The molecule has 0 aliphatic heterocycles. The number of carbonyl (C=O) groups excluding carboxylic acids is 2. The van der Waals surface area contributed by atoms with E-state index in [0.717, 1.165) is 19.9 Å². The number of anilines is 1. The molecule has 0 saturated carbocycles. The van der Waals surface area contributed by atoms with Crippen molar-refractivity contribution < 1.29 is 18.0 Å². The molecular formula is C28H31BrClN3O4S. The van der Waals surface area contributed by atoms with Crippen molar-refractivity contribution in [1.82, 2.24) is 10.2 Å². The fraction of sp³-hybridized carbons (Fsp3) is 0.286. The summed E-state index contributed by atoms with van der Waals surface area (Å²) in [4.78, 5) is 28.2. The topological polar surface area (TPSA) is 86.8 Å². The highest BCUT2D eigenvalue weighted by atomic mass is 79.9. The molecule has 0 bridgehead atoms. The number of nitrogens with zero attached hydrogens (tertiary/aromatic N) is 2. The molecule has 1 unspecified atom stereocenters. The van der Waals surface area contributed by atoms with E-state index in [1.54, 1.807) is 25.1 Å². The number of nitrogens with one attached hydrogen (secondary N) is 1. The summed E-state index contributed by atoms with van der Waals surface area (Å²) in [6.07, 6.45) is 0. The Labute approximate surface area is 238 Å². The molecule has 0 spiro atoms. The normalized spacial score (nSPS) is 12.2. The Kier molecular flexibility index (Phi) is 9.98. The van der Waals surface area contributed by atoms with Crippen LogP contribution in [0.4, 0.5) is 5.69 Å². The molecule has 3 rings (SSSR count). The van der Waals surface area contributed by atoms with Crippen molar-refractivity contribution in [2.45, 2.75) is 51.2 Å². The van der Waals surface area contributed by atoms with E-state index in [-0.39, 0.29) is 23.4 Å². The summed E-state index contributed by atoms with van der Waals surface area (Å²) in [5.41, 5.74) is 1.98. The second-order valence-corrected chi connectivity index (χ2v) is 12.5. The van der Waals surface area contributed by atoms with E-state index in [2.05, 4.69) is 21.2 Å². The minimum Gasteiger partial charge on any atom is -0.352 e. The zero-order valence-corrected chi connectivity index (χ0v) is 24.8. The molecule has 2 amide bonds. The molecule has 1 atom stereocenters. The molecule has 0 radical (unpaired) electrons. The Morgan fingerprint density at radius 2 is 1.61 bits per heavy atom. The Morgan fingerprint density at radius 1 is 0.974 bits per heavy atom. The molecule has 1 N–H and O–H groups in total. The molecule has 10 heteroatoms. The quantitative estimate of drug-likeness (QED) is 0.322. The Bertz CT molecular complexity index is 1380. The number of hydrogen-bond acceptors (Lipinski definition) is 4. The van der Waals surface area contributed by atoms with Crippen molar-refractivity contribution in [3.05, 3.63) is 93.4 Å². The summed E-state index contributed by atoms with van der Waals surface area (Å²) in [5.74, 6) is -0.841. The lowest BCUT2D eigenvalue weighted by Crippen LogP contribution is -2.52. The summed E-state index contributed by atoms with van der Waals surface area (Å²) >= 11 is 9.39. The van der Waals surface area contributed by atoms with E-state index in [0.29, 0.717) is 10.7 Å². The maximum Gasteiger partial charge on any atom is 0.264 e. The molecule has 3 aromatic rings. The fourth-order valence-corrected chi connectivity index (χ4v) is 5.62. The van der Waals surface area contributed by atoms with Gasteiger partial charge in [-0.1, -0.05) is 51.8 Å². The van der Waals surface area contributed by atoms with Gasteiger partial charge in [0.2, 0.25) is 11.8 Å². The molecule has 0 heterocycles. The largest absolute Gasteiger partial charge is 0.352 e. The highest BCUT2D eigenvalue weighted by Crippen LogP contribution is 2.26. The van der Waals surface area contributed by atoms with Crippen LogP contribution in [-0.4, -0.2) is 43.8 Å². The monoisotopic (exact) mass is 619 g/mol. The van der Waals surface area contributed by atoms with E-state index in [9.17, 15) is 18.0 Å². The average Bonchev–Trinajstić information content (AvgIpc) is 2.86. The third kappa shape index (κ3) is 7.58. The molecule has 0 fully saturated rings. The van der Waals surface area contributed by atoms with Gasteiger partial charge in [-0.2, -0.15) is 0 Å². The summed E-state index contributed by atoms with van der Waals surface area (Å²) in [7, 11) is -4.14.